The lowest BCUT2D eigenvalue weighted by Crippen LogP contribution is -2.19. The number of benzene rings is 1. The molecular weight excluding hydrogens is 307 g/mol. The molecule has 122 valence electrons. The Hall–Kier alpha value is -2.76. The molecular formula is C18H17FN4O. The first-order valence-electron chi connectivity index (χ1n) is 7.96. The maximum Gasteiger partial charge on any atom is 0.231 e. The Morgan fingerprint density at radius 1 is 1.21 bits per heavy atom. The van der Waals surface area contributed by atoms with Gasteiger partial charge in [0.1, 0.15) is 5.82 Å². The lowest BCUT2D eigenvalue weighted by atomic mass is 10.1. The van der Waals surface area contributed by atoms with Gasteiger partial charge in [0.2, 0.25) is 11.7 Å². The van der Waals surface area contributed by atoms with E-state index in [9.17, 15) is 4.39 Å². The molecule has 0 amide bonds. The van der Waals surface area contributed by atoms with Gasteiger partial charge in [-0.2, -0.15) is 4.98 Å². The normalized spacial score (nSPS) is 17.4. The Kier molecular flexibility index (Phi) is 3.72. The molecule has 3 aromatic rings. The summed E-state index contributed by atoms with van der Waals surface area (Å²) in [4.78, 5) is 10.7. The van der Waals surface area contributed by atoms with Gasteiger partial charge in [-0.3, -0.25) is 4.98 Å². The lowest BCUT2D eigenvalue weighted by Gasteiger charge is -2.18. The zero-order valence-electron chi connectivity index (χ0n) is 13.3. The van der Waals surface area contributed by atoms with Crippen molar-refractivity contribution in [3.63, 3.8) is 0 Å². The Morgan fingerprint density at radius 3 is 2.83 bits per heavy atom. The van der Waals surface area contributed by atoms with Crippen molar-refractivity contribution < 1.29 is 8.91 Å². The number of anilines is 1. The second-order valence-corrected chi connectivity index (χ2v) is 6.06. The van der Waals surface area contributed by atoms with Crippen molar-refractivity contribution in [2.24, 2.45) is 0 Å². The molecule has 3 heterocycles. The number of aryl methyl sites for hydroxylation is 1. The predicted octanol–water partition coefficient (Wildman–Crippen LogP) is 3.57. The van der Waals surface area contributed by atoms with E-state index in [2.05, 4.69) is 20.0 Å². The minimum absolute atomic E-state index is 0.164. The van der Waals surface area contributed by atoms with E-state index in [-0.39, 0.29) is 11.7 Å². The smallest absolute Gasteiger partial charge is 0.231 e. The predicted molar refractivity (Wildman–Crippen MR) is 88.2 cm³/mol. The Labute approximate surface area is 139 Å². The standard InChI is InChI=1S/C18H17FN4O/c1-12-2-3-15(10-16(12)19)23-9-6-14(11-23)18-21-17(22-24-18)13-4-7-20-8-5-13/h2-5,7-8,10,14H,6,9,11H2,1H3. The monoisotopic (exact) mass is 324 g/mol. The van der Waals surface area contributed by atoms with Crippen molar-refractivity contribution in [2.75, 3.05) is 18.0 Å². The summed E-state index contributed by atoms with van der Waals surface area (Å²) in [5.74, 6) is 1.20. The van der Waals surface area contributed by atoms with Crippen LogP contribution >= 0.6 is 0 Å². The zero-order chi connectivity index (χ0) is 16.5. The number of rotatable bonds is 3. The quantitative estimate of drug-likeness (QED) is 0.737. The van der Waals surface area contributed by atoms with E-state index in [4.69, 9.17) is 4.52 Å². The molecule has 1 atom stereocenters. The van der Waals surface area contributed by atoms with Gasteiger partial charge in [-0.05, 0) is 43.2 Å². The van der Waals surface area contributed by atoms with Crippen LogP contribution in [-0.2, 0) is 0 Å². The van der Waals surface area contributed by atoms with Crippen LogP contribution in [0.2, 0.25) is 0 Å². The van der Waals surface area contributed by atoms with Crippen molar-refractivity contribution in [1.29, 1.82) is 0 Å². The van der Waals surface area contributed by atoms with Crippen molar-refractivity contribution in [2.45, 2.75) is 19.3 Å². The van der Waals surface area contributed by atoms with Crippen LogP contribution in [0.5, 0.6) is 0 Å². The van der Waals surface area contributed by atoms with Crippen LogP contribution < -0.4 is 4.90 Å². The van der Waals surface area contributed by atoms with E-state index >= 15 is 0 Å². The van der Waals surface area contributed by atoms with E-state index in [1.54, 1.807) is 25.4 Å². The van der Waals surface area contributed by atoms with Crippen molar-refractivity contribution in [3.8, 4) is 11.4 Å². The maximum absolute atomic E-state index is 13.8. The van der Waals surface area contributed by atoms with E-state index in [0.717, 1.165) is 30.8 Å². The summed E-state index contributed by atoms with van der Waals surface area (Å²) in [6.45, 7) is 3.37. The first kappa shape index (κ1) is 14.8. The third-order valence-electron chi connectivity index (χ3n) is 4.44. The van der Waals surface area contributed by atoms with Crippen LogP contribution in [-0.4, -0.2) is 28.2 Å². The SMILES string of the molecule is Cc1ccc(N2CCC(c3nc(-c4ccncc4)no3)C2)cc1F. The molecule has 1 unspecified atom stereocenters. The number of nitrogens with zero attached hydrogens (tertiary/aromatic N) is 4. The van der Waals surface area contributed by atoms with Gasteiger partial charge in [0, 0.05) is 36.7 Å². The number of pyridine rings is 1. The average molecular weight is 324 g/mol. The molecule has 1 aliphatic rings. The van der Waals surface area contributed by atoms with Gasteiger partial charge in [-0.15, -0.1) is 0 Å². The molecule has 24 heavy (non-hydrogen) atoms. The summed E-state index contributed by atoms with van der Waals surface area (Å²) >= 11 is 0. The number of halogens is 1. The van der Waals surface area contributed by atoms with Gasteiger partial charge < -0.3 is 9.42 Å². The van der Waals surface area contributed by atoms with E-state index < -0.39 is 0 Å². The van der Waals surface area contributed by atoms with Crippen molar-refractivity contribution in [3.05, 3.63) is 60.0 Å². The highest BCUT2D eigenvalue weighted by Crippen LogP contribution is 2.31. The fourth-order valence-electron chi connectivity index (χ4n) is 2.99. The Balaban J connectivity index is 1.51. The topological polar surface area (TPSA) is 55.1 Å². The molecule has 0 aliphatic carbocycles. The third kappa shape index (κ3) is 2.75. The third-order valence-corrected chi connectivity index (χ3v) is 4.44. The molecule has 1 aliphatic heterocycles. The molecule has 0 bridgehead atoms. The largest absolute Gasteiger partial charge is 0.371 e. The van der Waals surface area contributed by atoms with Crippen LogP contribution in [0.3, 0.4) is 0 Å². The molecule has 0 N–H and O–H groups in total. The molecule has 2 aromatic heterocycles. The minimum Gasteiger partial charge on any atom is -0.371 e. The summed E-state index contributed by atoms with van der Waals surface area (Å²) in [5.41, 5.74) is 2.44. The lowest BCUT2D eigenvalue weighted by molar-refractivity contribution is 0.360. The maximum atomic E-state index is 13.8. The summed E-state index contributed by atoms with van der Waals surface area (Å²) in [7, 11) is 0. The summed E-state index contributed by atoms with van der Waals surface area (Å²) in [6, 6.07) is 9.06. The second-order valence-electron chi connectivity index (χ2n) is 6.06. The fourth-order valence-corrected chi connectivity index (χ4v) is 2.99. The Bertz CT molecular complexity index is 849. The Morgan fingerprint density at radius 2 is 2.04 bits per heavy atom. The molecule has 5 nitrogen and oxygen atoms in total. The van der Waals surface area contributed by atoms with Crippen LogP contribution in [0.1, 0.15) is 23.8 Å². The highest BCUT2D eigenvalue weighted by Gasteiger charge is 2.29. The van der Waals surface area contributed by atoms with Crippen molar-refractivity contribution >= 4 is 5.69 Å². The van der Waals surface area contributed by atoms with Gasteiger partial charge in [0.05, 0.1) is 5.92 Å². The average Bonchev–Trinajstić information content (AvgIpc) is 3.27. The zero-order valence-corrected chi connectivity index (χ0v) is 13.3. The minimum atomic E-state index is -0.172. The molecule has 0 radical (unpaired) electrons. The molecule has 6 heteroatoms. The molecule has 4 rings (SSSR count). The highest BCUT2D eigenvalue weighted by atomic mass is 19.1. The highest BCUT2D eigenvalue weighted by molar-refractivity contribution is 5.53. The molecule has 1 saturated heterocycles. The second kappa shape index (κ2) is 6.03. The van der Waals surface area contributed by atoms with Crippen LogP contribution in [0.4, 0.5) is 10.1 Å². The van der Waals surface area contributed by atoms with Gasteiger partial charge in [-0.1, -0.05) is 11.2 Å². The van der Waals surface area contributed by atoms with Crippen LogP contribution in [0.15, 0.2) is 47.2 Å². The van der Waals surface area contributed by atoms with Gasteiger partial charge in [0.15, 0.2) is 0 Å². The summed E-state index contributed by atoms with van der Waals surface area (Å²) in [6.07, 6.45) is 4.32. The number of hydrogen-bond donors (Lipinski definition) is 0. The molecule has 1 fully saturated rings. The van der Waals surface area contributed by atoms with E-state index in [1.807, 2.05) is 24.3 Å². The van der Waals surface area contributed by atoms with Gasteiger partial charge in [0.25, 0.3) is 0 Å². The van der Waals surface area contributed by atoms with Crippen LogP contribution in [0.25, 0.3) is 11.4 Å². The number of aromatic nitrogens is 3. The van der Waals surface area contributed by atoms with Crippen molar-refractivity contribution in [1.82, 2.24) is 15.1 Å². The van der Waals surface area contributed by atoms with Gasteiger partial charge >= 0.3 is 0 Å². The van der Waals surface area contributed by atoms with E-state index in [1.165, 1.54) is 0 Å². The molecule has 0 spiro atoms. The molecule has 1 aromatic carbocycles. The fraction of sp³-hybridized carbons (Fsp3) is 0.278. The summed E-state index contributed by atoms with van der Waals surface area (Å²) < 4.78 is 19.2. The first-order valence-corrected chi connectivity index (χ1v) is 7.96. The molecule has 0 saturated carbocycles. The first-order chi connectivity index (χ1) is 11.7. The summed E-state index contributed by atoms with van der Waals surface area (Å²) in [5, 5.41) is 4.06. The van der Waals surface area contributed by atoms with Gasteiger partial charge in [-0.25, -0.2) is 4.39 Å². The number of hydrogen-bond acceptors (Lipinski definition) is 5. The van der Waals surface area contributed by atoms with Crippen LogP contribution in [0, 0.1) is 12.7 Å². The van der Waals surface area contributed by atoms with E-state index in [0.29, 0.717) is 17.3 Å².